The summed E-state index contributed by atoms with van der Waals surface area (Å²) in [5, 5.41) is 6.95. The number of amides is 1. The number of aromatic nitrogens is 2. The second-order valence-electron chi connectivity index (χ2n) is 3.54. The van der Waals surface area contributed by atoms with Gasteiger partial charge in [-0.2, -0.15) is 5.10 Å². The second-order valence-corrected chi connectivity index (χ2v) is 8.14. The average molecular weight is 296 g/mol. The first-order valence-electron chi connectivity index (χ1n) is 5.19. The number of hydrogen-bond acceptors (Lipinski definition) is 3. The molecule has 18 heavy (non-hydrogen) atoms. The molecular formula is C11H11N3OPS2+. The Labute approximate surface area is 116 Å². The van der Waals surface area contributed by atoms with E-state index in [0.717, 1.165) is 5.69 Å². The lowest BCUT2D eigenvalue weighted by Gasteiger charge is -2.00. The Balaban J connectivity index is 2.07. The number of thiol groups is 1. The fraction of sp³-hybridized carbons (Fsp3) is 0.0909. The third-order valence-corrected chi connectivity index (χ3v) is 3.53. The molecule has 1 amide bonds. The molecule has 0 saturated heterocycles. The van der Waals surface area contributed by atoms with E-state index in [2.05, 4.69) is 22.7 Å². The molecular weight excluding hydrogens is 285 g/mol. The van der Waals surface area contributed by atoms with Crippen LogP contribution in [0.4, 0.5) is 5.82 Å². The molecule has 2 rings (SSSR count). The number of benzene rings is 1. The fourth-order valence-corrected chi connectivity index (χ4v) is 2.48. The van der Waals surface area contributed by atoms with E-state index in [1.54, 1.807) is 16.9 Å². The third kappa shape index (κ3) is 3.63. The van der Waals surface area contributed by atoms with Crippen LogP contribution in [0.25, 0.3) is 5.69 Å². The Hall–Kier alpha value is -1.23. The largest absolute Gasteiger partial charge is 0.306 e. The number of para-hydroxylation sites is 1. The lowest BCUT2D eigenvalue weighted by Crippen LogP contribution is -2.14. The van der Waals surface area contributed by atoms with Crippen molar-refractivity contribution in [3.63, 3.8) is 0 Å². The molecule has 0 radical (unpaired) electrons. The van der Waals surface area contributed by atoms with Crippen LogP contribution in [0.3, 0.4) is 0 Å². The van der Waals surface area contributed by atoms with Crippen molar-refractivity contribution in [1.29, 1.82) is 0 Å². The van der Waals surface area contributed by atoms with Crippen molar-refractivity contribution in [2.75, 3.05) is 11.5 Å². The maximum atomic E-state index is 11.5. The summed E-state index contributed by atoms with van der Waals surface area (Å²) >= 11 is 8.96. The Morgan fingerprint density at radius 1 is 1.39 bits per heavy atom. The molecule has 2 aromatic rings. The highest BCUT2D eigenvalue weighted by molar-refractivity contribution is 8.56. The predicted octanol–water partition coefficient (Wildman–Crippen LogP) is 2.60. The summed E-state index contributed by atoms with van der Waals surface area (Å²) in [6, 6.07) is 11.4. The Morgan fingerprint density at radius 3 is 2.78 bits per heavy atom. The van der Waals surface area contributed by atoms with Crippen LogP contribution in [0.2, 0.25) is 0 Å². The van der Waals surface area contributed by atoms with Gasteiger partial charge >= 0.3 is 0 Å². The van der Waals surface area contributed by atoms with Gasteiger partial charge in [0.05, 0.1) is 17.9 Å². The molecule has 1 atom stereocenters. The van der Waals surface area contributed by atoms with E-state index in [-0.39, 0.29) is 12.1 Å². The van der Waals surface area contributed by atoms with Crippen molar-refractivity contribution in [2.24, 2.45) is 0 Å². The summed E-state index contributed by atoms with van der Waals surface area (Å²) in [6.07, 6.45) is 2.05. The molecule has 0 saturated carbocycles. The van der Waals surface area contributed by atoms with Crippen LogP contribution in [0.15, 0.2) is 42.6 Å². The van der Waals surface area contributed by atoms with Crippen molar-refractivity contribution < 1.29 is 4.79 Å². The summed E-state index contributed by atoms with van der Waals surface area (Å²) in [5.41, 5.74) is 0.942. The molecule has 0 aliphatic heterocycles. The van der Waals surface area contributed by atoms with E-state index in [4.69, 9.17) is 11.8 Å². The highest BCUT2D eigenvalue weighted by Crippen LogP contribution is 2.25. The number of nitrogens with zero attached hydrogens (tertiary/aromatic N) is 2. The number of carbonyl (C=O) groups is 1. The highest BCUT2D eigenvalue weighted by Gasteiger charge is 2.13. The summed E-state index contributed by atoms with van der Waals surface area (Å²) in [5.74, 6) is -0.573. The van der Waals surface area contributed by atoms with Gasteiger partial charge < -0.3 is 5.32 Å². The molecule has 0 aliphatic carbocycles. The van der Waals surface area contributed by atoms with Gasteiger partial charge in [-0.15, -0.1) is 0 Å². The molecule has 1 heterocycles. The van der Waals surface area contributed by atoms with Gasteiger partial charge in [-0.3, -0.25) is 4.79 Å². The number of hydrogen-bond donors (Lipinski definition) is 2. The van der Waals surface area contributed by atoms with E-state index in [1.807, 2.05) is 30.3 Å². The minimum Gasteiger partial charge on any atom is -0.306 e. The van der Waals surface area contributed by atoms with Crippen LogP contribution in [0, 0.1) is 0 Å². The molecule has 0 aliphatic rings. The SMILES string of the molecule is O=C(C[P+](=S)S)Nc1ccn(-c2ccccc2)n1. The zero-order chi connectivity index (χ0) is 13.0. The Bertz CT molecular complexity index is 571. The molecule has 7 heteroatoms. The van der Waals surface area contributed by atoms with Crippen molar-refractivity contribution in [3.8, 4) is 5.69 Å². The molecule has 1 unspecified atom stereocenters. The normalized spacial score (nSPS) is 11.1. The number of carbonyl (C=O) groups excluding carboxylic acids is 1. The van der Waals surface area contributed by atoms with Gasteiger partial charge in [0.25, 0.3) is 11.8 Å². The first-order chi connectivity index (χ1) is 8.65. The zero-order valence-corrected chi connectivity index (χ0v) is 12.0. The van der Waals surface area contributed by atoms with E-state index < -0.39 is 5.90 Å². The minimum absolute atomic E-state index is 0.149. The van der Waals surface area contributed by atoms with Gasteiger partial charge in [0.2, 0.25) is 6.16 Å². The lowest BCUT2D eigenvalue weighted by atomic mass is 10.3. The Morgan fingerprint density at radius 2 is 2.11 bits per heavy atom. The molecule has 1 aromatic carbocycles. The maximum Gasteiger partial charge on any atom is 0.272 e. The molecule has 0 bridgehead atoms. The number of rotatable bonds is 4. The van der Waals surface area contributed by atoms with Crippen LogP contribution in [-0.2, 0) is 16.6 Å². The molecule has 0 spiro atoms. The quantitative estimate of drug-likeness (QED) is 0.673. The lowest BCUT2D eigenvalue weighted by molar-refractivity contribution is -0.113. The van der Waals surface area contributed by atoms with Crippen molar-refractivity contribution >= 4 is 41.7 Å². The van der Waals surface area contributed by atoms with E-state index in [9.17, 15) is 4.79 Å². The van der Waals surface area contributed by atoms with Gasteiger partial charge in [-0.05, 0) is 12.1 Å². The predicted molar refractivity (Wildman–Crippen MR) is 80.3 cm³/mol. The van der Waals surface area contributed by atoms with E-state index >= 15 is 0 Å². The van der Waals surface area contributed by atoms with Crippen LogP contribution in [0.5, 0.6) is 0 Å². The zero-order valence-electron chi connectivity index (χ0n) is 9.35. The molecule has 0 fully saturated rings. The van der Waals surface area contributed by atoms with Crippen molar-refractivity contribution in [2.45, 2.75) is 0 Å². The smallest absolute Gasteiger partial charge is 0.272 e. The first-order valence-corrected chi connectivity index (χ1v) is 8.89. The molecule has 1 aromatic heterocycles. The average Bonchev–Trinajstić information content (AvgIpc) is 2.77. The summed E-state index contributed by atoms with van der Waals surface area (Å²) in [6.45, 7) is 0. The number of anilines is 1. The molecule has 92 valence electrons. The van der Waals surface area contributed by atoms with Crippen LogP contribution >= 0.6 is 18.1 Å². The first kappa shape index (κ1) is 13.2. The third-order valence-electron chi connectivity index (χ3n) is 2.16. The molecule has 4 nitrogen and oxygen atoms in total. The van der Waals surface area contributed by atoms with Crippen LogP contribution < -0.4 is 5.32 Å². The maximum absolute atomic E-state index is 11.5. The van der Waals surface area contributed by atoms with Crippen molar-refractivity contribution in [1.82, 2.24) is 9.78 Å². The van der Waals surface area contributed by atoms with Crippen molar-refractivity contribution in [3.05, 3.63) is 42.6 Å². The van der Waals surface area contributed by atoms with E-state index in [1.165, 1.54) is 0 Å². The van der Waals surface area contributed by atoms with Gasteiger partial charge in [0, 0.05) is 12.3 Å². The topological polar surface area (TPSA) is 46.9 Å². The monoisotopic (exact) mass is 296 g/mol. The summed E-state index contributed by atoms with van der Waals surface area (Å²) < 4.78 is 1.70. The van der Waals surface area contributed by atoms with Gasteiger partial charge in [-0.25, -0.2) is 4.68 Å². The minimum atomic E-state index is -0.942. The second kappa shape index (κ2) is 6.09. The number of nitrogens with one attached hydrogen (secondary N) is 1. The van der Waals surface area contributed by atoms with Gasteiger partial charge in [0.15, 0.2) is 17.6 Å². The van der Waals surface area contributed by atoms with E-state index in [0.29, 0.717) is 5.82 Å². The van der Waals surface area contributed by atoms with Crippen LogP contribution in [0.1, 0.15) is 0 Å². The highest BCUT2D eigenvalue weighted by atomic mass is 32.9. The Kier molecular flexibility index (Phi) is 4.47. The summed E-state index contributed by atoms with van der Waals surface area (Å²) in [7, 11) is 0. The fourth-order valence-electron chi connectivity index (χ4n) is 1.42. The van der Waals surface area contributed by atoms with Gasteiger partial charge in [-0.1, -0.05) is 18.2 Å². The summed E-state index contributed by atoms with van der Waals surface area (Å²) in [4.78, 5) is 11.5. The van der Waals surface area contributed by atoms with Gasteiger partial charge in [0.1, 0.15) is 0 Å². The molecule has 1 N–H and O–H groups in total. The standard InChI is InChI=1S/C11H10N3OPS2/c15-11(8-16(17)18)12-10-6-7-14(13-10)9-4-2-1-3-5-9/h1-7H,8H2,(H-,12,13,15,17,18)/p+1. The van der Waals surface area contributed by atoms with Crippen LogP contribution in [-0.4, -0.2) is 21.8 Å².